The molecule has 2 aromatic rings. The van der Waals surface area contributed by atoms with Gasteiger partial charge in [-0.15, -0.1) is 0 Å². The number of ether oxygens (including phenoxy) is 1. The number of nitro benzene ring substituents is 1. The third-order valence-electron chi connectivity index (χ3n) is 4.38. The van der Waals surface area contributed by atoms with Gasteiger partial charge in [0.05, 0.1) is 17.7 Å². The average Bonchev–Trinajstić information content (AvgIpc) is 3.06. The maximum absolute atomic E-state index is 12.6. The second-order valence-electron chi connectivity index (χ2n) is 6.22. The number of nitrogens with zero attached hydrogens (tertiary/aromatic N) is 2. The number of amides is 2. The lowest BCUT2D eigenvalue weighted by molar-refractivity contribution is -0.384. The topological polar surface area (TPSA) is 102 Å². The van der Waals surface area contributed by atoms with Crippen molar-refractivity contribution in [2.75, 3.05) is 19.0 Å². The molecule has 0 atom stereocenters. The summed E-state index contributed by atoms with van der Waals surface area (Å²) in [6.45, 7) is 1.18. The molecule has 8 heteroatoms. The number of methoxy groups -OCH3 is 1. The Morgan fingerprint density at radius 2 is 2.11 bits per heavy atom. The molecule has 3 rings (SSSR count). The Balaban J connectivity index is 1.78. The summed E-state index contributed by atoms with van der Waals surface area (Å²) in [5, 5.41) is 13.6. The summed E-state index contributed by atoms with van der Waals surface area (Å²) in [6, 6.07) is 11.0. The second kappa shape index (κ2) is 7.86. The highest BCUT2D eigenvalue weighted by molar-refractivity contribution is 6.05. The number of nitro groups is 1. The van der Waals surface area contributed by atoms with E-state index in [9.17, 15) is 19.7 Å². The van der Waals surface area contributed by atoms with Crippen LogP contribution in [0, 0.1) is 10.1 Å². The van der Waals surface area contributed by atoms with Gasteiger partial charge in [-0.3, -0.25) is 19.7 Å². The summed E-state index contributed by atoms with van der Waals surface area (Å²) in [7, 11) is 1.42. The SMILES string of the molecule is COc1ccc([N+](=O)[O-])cc1NC(=O)c1cccc(CN2CCCC2=O)c1. The van der Waals surface area contributed by atoms with Crippen LogP contribution in [0.3, 0.4) is 0 Å². The molecule has 1 N–H and O–H groups in total. The summed E-state index contributed by atoms with van der Waals surface area (Å²) < 4.78 is 5.16. The first-order valence-electron chi connectivity index (χ1n) is 8.48. The third-order valence-corrected chi connectivity index (χ3v) is 4.38. The fourth-order valence-electron chi connectivity index (χ4n) is 3.00. The normalized spacial score (nSPS) is 13.5. The van der Waals surface area contributed by atoms with E-state index in [1.807, 2.05) is 6.07 Å². The highest BCUT2D eigenvalue weighted by Crippen LogP contribution is 2.29. The molecule has 0 bridgehead atoms. The molecule has 2 aromatic carbocycles. The molecule has 1 aliphatic heterocycles. The summed E-state index contributed by atoms with van der Waals surface area (Å²) in [6.07, 6.45) is 1.42. The van der Waals surface area contributed by atoms with Crippen LogP contribution in [0.25, 0.3) is 0 Å². The van der Waals surface area contributed by atoms with Crippen LogP contribution in [0.4, 0.5) is 11.4 Å². The van der Waals surface area contributed by atoms with E-state index in [0.717, 1.165) is 18.5 Å². The number of anilines is 1. The zero-order valence-electron chi connectivity index (χ0n) is 14.8. The minimum Gasteiger partial charge on any atom is -0.495 e. The smallest absolute Gasteiger partial charge is 0.271 e. The van der Waals surface area contributed by atoms with Gasteiger partial charge in [-0.25, -0.2) is 0 Å². The lowest BCUT2D eigenvalue weighted by atomic mass is 10.1. The van der Waals surface area contributed by atoms with Crippen molar-refractivity contribution in [2.24, 2.45) is 0 Å². The molecule has 1 fully saturated rings. The number of non-ortho nitro benzene ring substituents is 1. The van der Waals surface area contributed by atoms with E-state index in [0.29, 0.717) is 24.3 Å². The number of carbonyl (C=O) groups is 2. The van der Waals surface area contributed by atoms with Gasteiger partial charge < -0.3 is 15.0 Å². The van der Waals surface area contributed by atoms with Crippen LogP contribution < -0.4 is 10.1 Å². The molecule has 1 aliphatic rings. The van der Waals surface area contributed by atoms with Crippen molar-refractivity contribution in [3.8, 4) is 5.75 Å². The van der Waals surface area contributed by atoms with Gasteiger partial charge in [0, 0.05) is 37.2 Å². The predicted molar refractivity (Wildman–Crippen MR) is 98.7 cm³/mol. The molecular weight excluding hydrogens is 350 g/mol. The van der Waals surface area contributed by atoms with Crippen LogP contribution in [-0.2, 0) is 11.3 Å². The molecule has 0 aliphatic carbocycles. The Morgan fingerprint density at radius 1 is 1.30 bits per heavy atom. The molecule has 8 nitrogen and oxygen atoms in total. The first-order valence-corrected chi connectivity index (χ1v) is 8.48. The zero-order chi connectivity index (χ0) is 19.4. The Kier molecular flexibility index (Phi) is 5.35. The van der Waals surface area contributed by atoms with Gasteiger partial charge in [-0.05, 0) is 30.2 Å². The highest BCUT2D eigenvalue weighted by Gasteiger charge is 2.20. The van der Waals surface area contributed by atoms with Crippen LogP contribution in [0.5, 0.6) is 5.75 Å². The van der Waals surface area contributed by atoms with Crippen LogP contribution >= 0.6 is 0 Å². The third kappa shape index (κ3) is 4.22. The lowest BCUT2D eigenvalue weighted by Gasteiger charge is -2.16. The molecule has 0 spiro atoms. The van der Waals surface area contributed by atoms with E-state index in [1.165, 1.54) is 25.3 Å². The van der Waals surface area contributed by atoms with E-state index < -0.39 is 10.8 Å². The summed E-state index contributed by atoms with van der Waals surface area (Å²) >= 11 is 0. The van der Waals surface area contributed by atoms with Gasteiger partial charge in [0.25, 0.3) is 11.6 Å². The molecule has 0 saturated carbocycles. The minimum absolute atomic E-state index is 0.117. The fraction of sp³-hybridized carbons (Fsp3) is 0.263. The van der Waals surface area contributed by atoms with Crippen LogP contribution in [0.1, 0.15) is 28.8 Å². The number of nitrogens with one attached hydrogen (secondary N) is 1. The first kappa shape index (κ1) is 18.4. The Hall–Kier alpha value is -3.42. The van der Waals surface area contributed by atoms with Crippen LogP contribution in [0.15, 0.2) is 42.5 Å². The number of rotatable bonds is 6. The molecule has 1 heterocycles. The molecule has 0 radical (unpaired) electrons. The molecule has 0 aromatic heterocycles. The van der Waals surface area contributed by atoms with Gasteiger partial charge in [0.1, 0.15) is 5.75 Å². The Labute approximate surface area is 155 Å². The summed E-state index contributed by atoms with van der Waals surface area (Å²) in [5.41, 5.74) is 1.32. The lowest BCUT2D eigenvalue weighted by Crippen LogP contribution is -2.24. The summed E-state index contributed by atoms with van der Waals surface area (Å²) in [5.74, 6) is 0.0300. The zero-order valence-corrected chi connectivity index (χ0v) is 14.8. The van der Waals surface area contributed by atoms with Crippen molar-refractivity contribution in [1.29, 1.82) is 0 Å². The molecule has 2 amide bonds. The standard InChI is InChI=1S/C19H19N3O5/c1-27-17-8-7-15(22(25)26)11-16(17)20-19(24)14-5-2-4-13(10-14)12-21-9-3-6-18(21)23/h2,4-5,7-8,10-11H,3,6,9,12H2,1H3,(H,20,24). The minimum atomic E-state index is -0.539. The number of likely N-dealkylation sites (tertiary alicyclic amines) is 1. The molecule has 27 heavy (non-hydrogen) atoms. The van der Waals surface area contributed by atoms with Crippen LogP contribution in [0.2, 0.25) is 0 Å². The predicted octanol–water partition coefficient (Wildman–Crippen LogP) is 2.98. The van der Waals surface area contributed by atoms with Crippen LogP contribution in [-0.4, -0.2) is 35.3 Å². The fourth-order valence-corrected chi connectivity index (χ4v) is 3.00. The highest BCUT2D eigenvalue weighted by atomic mass is 16.6. The Bertz CT molecular complexity index is 897. The number of hydrogen-bond acceptors (Lipinski definition) is 5. The molecule has 1 saturated heterocycles. The van der Waals surface area contributed by atoms with E-state index in [-0.39, 0.29) is 17.3 Å². The number of hydrogen-bond donors (Lipinski definition) is 1. The molecule has 0 unspecified atom stereocenters. The van der Waals surface area contributed by atoms with Gasteiger partial charge in [0.15, 0.2) is 0 Å². The second-order valence-corrected chi connectivity index (χ2v) is 6.22. The largest absolute Gasteiger partial charge is 0.495 e. The first-order chi connectivity index (χ1) is 13.0. The van der Waals surface area contributed by atoms with Crippen molar-refractivity contribution >= 4 is 23.2 Å². The van der Waals surface area contributed by atoms with E-state index >= 15 is 0 Å². The summed E-state index contributed by atoms with van der Waals surface area (Å²) in [4.78, 5) is 36.6. The van der Waals surface area contributed by atoms with Gasteiger partial charge in [-0.2, -0.15) is 0 Å². The Morgan fingerprint density at radius 3 is 2.78 bits per heavy atom. The monoisotopic (exact) mass is 369 g/mol. The van der Waals surface area contributed by atoms with Gasteiger partial charge in [-0.1, -0.05) is 12.1 Å². The maximum atomic E-state index is 12.6. The average molecular weight is 369 g/mol. The van der Waals surface area contributed by atoms with Crippen molar-refractivity contribution in [2.45, 2.75) is 19.4 Å². The molecular formula is C19H19N3O5. The van der Waals surface area contributed by atoms with Gasteiger partial charge >= 0.3 is 0 Å². The van der Waals surface area contributed by atoms with E-state index in [1.54, 1.807) is 23.1 Å². The van der Waals surface area contributed by atoms with E-state index in [2.05, 4.69) is 5.32 Å². The molecule has 140 valence electrons. The van der Waals surface area contributed by atoms with Crippen molar-refractivity contribution < 1.29 is 19.2 Å². The van der Waals surface area contributed by atoms with Crippen molar-refractivity contribution in [3.05, 3.63) is 63.7 Å². The quantitative estimate of drug-likeness (QED) is 0.623. The number of benzene rings is 2. The maximum Gasteiger partial charge on any atom is 0.271 e. The van der Waals surface area contributed by atoms with E-state index in [4.69, 9.17) is 4.74 Å². The van der Waals surface area contributed by atoms with Crippen molar-refractivity contribution in [3.63, 3.8) is 0 Å². The van der Waals surface area contributed by atoms with Gasteiger partial charge in [0.2, 0.25) is 5.91 Å². The van der Waals surface area contributed by atoms with Crippen molar-refractivity contribution in [1.82, 2.24) is 4.90 Å². The number of carbonyl (C=O) groups excluding carboxylic acids is 2.